The summed E-state index contributed by atoms with van der Waals surface area (Å²) in [5, 5.41) is 22.5. The van der Waals surface area contributed by atoms with Crippen LogP contribution in [0.4, 0.5) is 0 Å². The van der Waals surface area contributed by atoms with Crippen molar-refractivity contribution in [2.24, 2.45) is 5.41 Å². The van der Waals surface area contributed by atoms with Gasteiger partial charge in [0.05, 0.1) is 0 Å². The Kier molecular flexibility index (Phi) is 3.92. The zero-order valence-electron chi connectivity index (χ0n) is 9.75. The van der Waals surface area contributed by atoms with Crippen LogP contribution in [0.2, 0.25) is 5.02 Å². The molecule has 0 amide bonds. The van der Waals surface area contributed by atoms with E-state index in [1.165, 1.54) is 12.8 Å². The van der Waals surface area contributed by atoms with Crippen LogP contribution in [-0.4, -0.2) is 23.4 Å². The molecule has 0 saturated heterocycles. The van der Waals surface area contributed by atoms with Gasteiger partial charge in [-0.1, -0.05) is 17.7 Å². The van der Waals surface area contributed by atoms with Crippen molar-refractivity contribution in [3.63, 3.8) is 0 Å². The van der Waals surface area contributed by atoms with Gasteiger partial charge in [-0.25, -0.2) is 0 Å². The van der Waals surface area contributed by atoms with Gasteiger partial charge in [-0.05, 0) is 36.8 Å². The number of aromatic hydroxyl groups is 1. The minimum Gasteiger partial charge on any atom is -0.508 e. The third kappa shape index (κ3) is 3.12. The summed E-state index contributed by atoms with van der Waals surface area (Å²) in [6.45, 7) is 1.69. The molecule has 1 aliphatic rings. The Labute approximate surface area is 106 Å². The van der Waals surface area contributed by atoms with Gasteiger partial charge in [-0.15, -0.1) is 0 Å². The van der Waals surface area contributed by atoms with E-state index >= 15 is 0 Å². The summed E-state index contributed by atoms with van der Waals surface area (Å²) in [5.41, 5.74) is 1.03. The molecule has 94 valence electrons. The van der Waals surface area contributed by atoms with Gasteiger partial charge in [0.2, 0.25) is 0 Å². The fourth-order valence-corrected chi connectivity index (χ4v) is 2.34. The molecule has 0 aromatic heterocycles. The minimum absolute atomic E-state index is 0.233. The fraction of sp³-hybridized carbons (Fsp3) is 0.538. The normalized spacial score (nSPS) is 17.1. The highest BCUT2D eigenvalue weighted by atomic mass is 35.5. The quantitative estimate of drug-likeness (QED) is 0.731. The standard InChI is InChI=1S/C13H18ClNO2/c14-11-2-1-3-12(17)10(11)8-15-9-13(4-5-13)6-7-16/h1-3,15-17H,4-9H2. The van der Waals surface area contributed by atoms with Crippen molar-refractivity contribution >= 4 is 11.6 Å². The summed E-state index contributed by atoms with van der Waals surface area (Å²) in [5.74, 6) is 0.233. The largest absolute Gasteiger partial charge is 0.508 e. The van der Waals surface area contributed by atoms with Crippen molar-refractivity contribution in [3.8, 4) is 5.75 Å². The number of hydrogen-bond acceptors (Lipinski definition) is 3. The van der Waals surface area contributed by atoms with Gasteiger partial charge in [0, 0.05) is 30.3 Å². The lowest BCUT2D eigenvalue weighted by molar-refractivity contribution is 0.245. The number of rotatable bonds is 6. The average molecular weight is 256 g/mol. The smallest absolute Gasteiger partial charge is 0.121 e. The number of hydrogen-bond donors (Lipinski definition) is 3. The van der Waals surface area contributed by atoms with Crippen LogP contribution in [0.15, 0.2) is 18.2 Å². The molecule has 1 aromatic rings. The second-order valence-corrected chi connectivity index (χ2v) is 5.22. The lowest BCUT2D eigenvalue weighted by atomic mass is 10.0. The van der Waals surface area contributed by atoms with E-state index in [1.807, 2.05) is 0 Å². The summed E-state index contributed by atoms with van der Waals surface area (Å²) in [6, 6.07) is 5.15. The Hall–Kier alpha value is -0.770. The number of nitrogens with one attached hydrogen (secondary N) is 1. The van der Waals surface area contributed by atoms with Crippen molar-refractivity contribution in [3.05, 3.63) is 28.8 Å². The van der Waals surface area contributed by atoms with Crippen LogP contribution < -0.4 is 5.32 Å². The van der Waals surface area contributed by atoms with Crippen molar-refractivity contribution in [1.29, 1.82) is 0 Å². The van der Waals surface area contributed by atoms with Crippen LogP contribution in [0, 0.1) is 5.41 Å². The van der Waals surface area contributed by atoms with Crippen LogP contribution in [0.1, 0.15) is 24.8 Å². The molecule has 1 fully saturated rings. The van der Waals surface area contributed by atoms with Gasteiger partial charge in [-0.3, -0.25) is 0 Å². The Bertz CT molecular complexity index is 371. The number of phenolic OH excluding ortho intramolecular Hbond substituents is 1. The first kappa shape index (κ1) is 12.7. The Balaban J connectivity index is 1.86. The SMILES string of the molecule is OCCC1(CNCc2c(O)cccc2Cl)CC1. The van der Waals surface area contributed by atoms with E-state index in [9.17, 15) is 5.11 Å². The minimum atomic E-state index is 0.233. The molecule has 0 bridgehead atoms. The second kappa shape index (κ2) is 5.25. The Morgan fingerprint density at radius 2 is 2.12 bits per heavy atom. The molecule has 0 spiro atoms. The molecule has 17 heavy (non-hydrogen) atoms. The Morgan fingerprint density at radius 1 is 1.35 bits per heavy atom. The number of aliphatic hydroxyl groups is 1. The van der Waals surface area contributed by atoms with Crippen molar-refractivity contribution in [2.45, 2.75) is 25.8 Å². The molecule has 0 unspecified atom stereocenters. The van der Waals surface area contributed by atoms with Gasteiger partial charge in [-0.2, -0.15) is 0 Å². The topological polar surface area (TPSA) is 52.5 Å². The predicted molar refractivity (Wildman–Crippen MR) is 68.2 cm³/mol. The zero-order valence-corrected chi connectivity index (χ0v) is 10.5. The maximum atomic E-state index is 9.68. The average Bonchev–Trinajstić information content (AvgIpc) is 3.03. The summed E-state index contributed by atoms with van der Waals surface area (Å²) in [4.78, 5) is 0. The number of aliphatic hydroxyl groups excluding tert-OH is 1. The molecule has 1 aliphatic carbocycles. The highest BCUT2D eigenvalue weighted by Gasteiger charge is 2.41. The van der Waals surface area contributed by atoms with Crippen molar-refractivity contribution in [2.75, 3.05) is 13.2 Å². The van der Waals surface area contributed by atoms with E-state index in [0.29, 0.717) is 11.6 Å². The van der Waals surface area contributed by atoms with E-state index in [2.05, 4.69) is 5.32 Å². The molecular formula is C13H18ClNO2. The first-order valence-corrected chi connectivity index (χ1v) is 6.33. The van der Waals surface area contributed by atoms with Gasteiger partial charge in [0.1, 0.15) is 5.75 Å². The number of benzene rings is 1. The van der Waals surface area contributed by atoms with Gasteiger partial charge in [0.25, 0.3) is 0 Å². The number of phenols is 1. The number of halogens is 1. The van der Waals surface area contributed by atoms with Crippen LogP contribution >= 0.6 is 11.6 Å². The molecule has 1 aromatic carbocycles. The maximum absolute atomic E-state index is 9.68. The van der Waals surface area contributed by atoms with E-state index in [-0.39, 0.29) is 17.8 Å². The van der Waals surface area contributed by atoms with Crippen LogP contribution in [0.25, 0.3) is 0 Å². The second-order valence-electron chi connectivity index (χ2n) is 4.81. The summed E-state index contributed by atoms with van der Waals surface area (Å²) in [6.07, 6.45) is 3.21. The fourth-order valence-electron chi connectivity index (χ4n) is 2.10. The summed E-state index contributed by atoms with van der Waals surface area (Å²) in [7, 11) is 0. The molecule has 4 heteroatoms. The van der Waals surface area contributed by atoms with Crippen molar-refractivity contribution < 1.29 is 10.2 Å². The third-order valence-corrected chi connectivity index (χ3v) is 3.85. The van der Waals surface area contributed by atoms with Crippen molar-refractivity contribution in [1.82, 2.24) is 5.32 Å². The van der Waals surface area contributed by atoms with Gasteiger partial charge < -0.3 is 15.5 Å². The highest BCUT2D eigenvalue weighted by Crippen LogP contribution is 2.48. The lowest BCUT2D eigenvalue weighted by Gasteiger charge is -2.15. The third-order valence-electron chi connectivity index (χ3n) is 3.50. The van der Waals surface area contributed by atoms with E-state index < -0.39 is 0 Å². The first-order chi connectivity index (χ1) is 8.17. The highest BCUT2D eigenvalue weighted by molar-refractivity contribution is 6.31. The molecule has 0 atom stereocenters. The molecule has 1 saturated carbocycles. The molecule has 0 heterocycles. The molecule has 3 nitrogen and oxygen atoms in total. The maximum Gasteiger partial charge on any atom is 0.121 e. The van der Waals surface area contributed by atoms with E-state index in [1.54, 1.807) is 18.2 Å². The predicted octanol–water partition coefficient (Wildman–Crippen LogP) is 2.30. The zero-order chi connectivity index (χ0) is 12.3. The molecule has 3 N–H and O–H groups in total. The molecule has 0 radical (unpaired) electrons. The van der Waals surface area contributed by atoms with Gasteiger partial charge in [0.15, 0.2) is 0 Å². The van der Waals surface area contributed by atoms with E-state index in [0.717, 1.165) is 18.5 Å². The van der Waals surface area contributed by atoms with Crippen LogP contribution in [-0.2, 0) is 6.54 Å². The molecule has 0 aliphatic heterocycles. The summed E-state index contributed by atoms with van der Waals surface area (Å²) < 4.78 is 0. The van der Waals surface area contributed by atoms with Gasteiger partial charge >= 0.3 is 0 Å². The lowest BCUT2D eigenvalue weighted by Crippen LogP contribution is -2.24. The monoisotopic (exact) mass is 255 g/mol. The molecule has 2 rings (SSSR count). The van der Waals surface area contributed by atoms with Crippen LogP contribution in [0.5, 0.6) is 5.75 Å². The Morgan fingerprint density at radius 3 is 2.71 bits per heavy atom. The molecular weight excluding hydrogens is 238 g/mol. The first-order valence-electron chi connectivity index (χ1n) is 5.95. The summed E-state index contributed by atoms with van der Waals surface area (Å²) >= 11 is 6.02. The van der Waals surface area contributed by atoms with E-state index in [4.69, 9.17) is 16.7 Å². The van der Waals surface area contributed by atoms with Crippen LogP contribution in [0.3, 0.4) is 0 Å².